The average molecular weight is 351 g/mol. The van der Waals surface area contributed by atoms with Gasteiger partial charge in [-0.3, -0.25) is 0 Å². The summed E-state index contributed by atoms with van der Waals surface area (Å²) in [7, 11) is 5.53. The van der Waals surface area contributed by atoms with Crippen molar-refractivity contribution in [3.63, 3.8) is 0 Å². The quantitative estimate of drug-likeness (QED) is 0.814. The van der Waals surface area contributed by atoms with E-state index in [1.54, 1.807) is 14.2 Å². The van der Waals surface area contributed by atoms with E-state index in [9.17, 15) is 0 Å². The largest absolute Gasteiger partial charge is 0.493 e. The molecule has 0 N–H and O–H groups in total. The van der Waals surface area contributed by atoms with Crippen LogP contribution in [0.25, 0.3) is 5.57 Å². The van der Waals surface area contributed by atoms with E-state index in [2.05, 4.69) is 36.2 Å². The van der Waals surface area contributed by atoms with Gasteiger partial charge in [0.1, 0.15) is 0 Å². The number of nitrogens with zero attached hydrogens (tertiary/aromatic N) is 1. The van der Waals surface area contributed by atoms with Crippen LogP contribution in [0.5, 0.6) is 11.5 Å². The summed E-state index contributed by atoms with van der Waals surface area (Å²) in [5.74, 6) is 3.51. The average Bonchev–Trinajstić information content (AvgIpc) is 3.12. The second kappa shape index (κ2) is 5.59. The molecule has 134 valence electrons. The number of ether oxygens (including phenoxy) is 4. The summed E-state index contributed by atoms with van der Waals surface area (Å²) in [4.78, 5) is 2.32. The topological polar surface area (TPSA) is 40.2 Å². The van der Waals surface area contributed by atoms with Crippen LogP contribution < -0.4 is 9.47 Å². The van der Waals surface area contributed by atoms with Gasteiger partial charge >= 0.3 is 0 Å². The number of rotatable bonds is 2. The Hall–Kier alpha value is -2.82. The van der Waals surface area contributed by atoms with Crippen molar-refractivity contribution in [1.82, 2.24) is 4.90 Å². The maximum absolute atomic E-state index is 5.68. The Morgan fingerprint density at radius 1 is 1.12 bits per heavy atom. The highest BCUT2D eigenvalue weighted by Crippen LogP contribution is 2.49. The second-order valence-corrected chi connectivity index (χ2v) is 6.88. The maximum Gasteiger partial charge on any atom is 0.231 e. The third kappa shape index (κ3) is 2.03. The SMILES string of the molecule is COc1ccc2c(c1OC)CN(C)C1=C2CC=C2C=C3OCOC3=CC21. The summed E-state index contributed by atoms with van der Waals surface area (Å²) in [5, 5.41) is 0. The molecule has 5 nitrogen and oxygen atoms in total. The molecule has 5 rings (SSSR count). The first-order valence-electron chi connectivity index (χ1n) is 8.79. The van der Waals surface area contributed by atoms with Crippen LogP contribution >= 0.6 is 0 Å². The standard InChI is InChI=1S/C21H21NO4/c1-22-10-16-13(6-7-17(23-2)21(16)24-3)14-5-4-12-8-18-19(26-11-25-18)9-15(12)20(14)22/h4,6-9,15H,5,10-11H2,1-3H3. The van der Waals surface area contributed by atoms with Crippen LogP contribution in [0.2, 0.25) is 0 Å². The van der Waals surface area contributed by atoms with E-state index in [0.29, 0.717) is 6.79 Å². The van der Waals surface area contributed by atoms with E-state index in [1.807, 2.05) is 6.07 Å². The van der Waals surface area contributed by atoms with Crippen LogP contribution in [0.3, 0.4) is 0 Å². The van der Waals surface area contributed by atoms with Crippen LogP contribution in [0, 0.1) is 5.92 Å². The fourth-order valence-corrected chi connectivity index (χ4v) is 4.43. The summed E-state index contributed by atoms with van der Waals surface area (Å²) in [6.45, 7) is 1.09. The molecule has 0 amide bonds. The molecule has 2 aliphatic carbocycles. The Kier molecular flexibility index (Phi) is 3.32. The molecule has 1 aromatic rings. The maximum atomic E-state index is 5.68. The highest BCUT2D eigenvalue weighted by Gasteiger charge is 2.36. The third-order valence-corrected chi connectivity index (χ3v) is 5.57. The lowest BCUT2D eigenvalue weighted by atomic mass is 9.77. The molecular formula is C21H21NO4. The van der Waals surface area contributed by atoms with Crippen molar-refractivity contribution in [2.45, 2.75) is 13.0 Å². The van der Waals surface area contributed by atoms with E-state index in [-0.39, 0.29) is 5.92 Å². The van der Waals surface area contributed by atoms with Gasteiger partial charge in [0.15, 0.2) is 23.0 Å². The predicted molar refractivity (Wildman–Crippen MR) is 97.3 cm³/mol. The normalized spacial score (nSPS) is 22.7. The number of allylic oxidation sites excluding steroid dienone is 4. The van der Waals surface area contributed by atoms with Gasteiger partial charge in [-0.25, -0.2) is 0 Å². The molecule has 4 aliphatic rings. The molecule has 0 aromatic heterocycles. The second-order valence-electron chi connectivity index (χ2n) is 6.88. The lowest BCUT2D eigenvalue weighted by Gasteiger charge is -2.39. The van der Waals surface area contributed by atoms with Crippen molar-refractivity contribution in [2.24, 2.45) is 5.92 Å². The van der Waals surface area contributed by atoms with E-state index in [4.69, 9.17) is 18.9 Å². The minimum atomic E-state index is 0.199. The summed E-state index contributed by atoms with van der Waals surface area (Å²) in [6.07, 6.45) is 7.49. The third-order valence-electron chi connectivity index (χ3n) is 5.57. The zero-order valence-corrected chi connectivity index (χ0v) is 15.2. The molecular weight excluding hydrogens is 330 g/mol. The van der Waals surface area contributed by atoms with Gasteiger partial charge < -0.3 is 23.8 Å². The van der Waals surface area contributed by atoms with Gasteiger partial charge in [0.25, 0.3) is 0 Å². The molecule has 2 aliphatic heterocycles. The molecule has 1 aromatic carbocycles. The number of hydrogen-bond acceptors (Lipinski definition) is 5. The summed E-state index contributed by atoms with van der Waals surface area (Å²) < 4.78 is 22.3. The number of fused-ring (bicyclic) bond motifs is 5. The Morgan fingerprint density at radius 2 is 1.96 bits per heavy atom. The molecule has 0 bridgehead atoms. The zero-order valence-electron chi connectivity index (χ0n) is 15.2. The fourth-order valence-electron chi connectivity index (χ4n) is 4.43. The summed E-state index contributed by atoms with van der Waals surface area (Å²) in [6, 6.07) is 4.16. The minimum absolute atomic E-state index is 0.199. The van der Waals surface area contributed by atoms with E-state index < -0.39 is 0 Å². The van der Waals surface area contributed by atoms with E-state index in [1.165, 1.54) is 28.0 Å². The van der Waals surface area contributed by atoms with Crippen LogP contribution in [0.15, 0.2) is 53.1 Å². The zero-order chi connectivity index (χ0) is 17.8. The minimum Gasteiger partial charge on any atom is -0.493 e. The van der Waals surface area contributed by atoms with E-state index in [0.717, 1.165) is 36.0 Å². The van der Waals surface area contributed by atoms with Crippen molar-refractivity contribution >= 4 is 5.57 Å². The first kappa shape index (κ1) is 15.4. The van der Waals surface area contributed by atoms with Gasteiger partial charge in [-0.15, -0.1) is 0 Å². The van der Waals surface area contributed by atoms with Crippen LogP contribution in [-0.4, -0.2) is 33.0 Å². The fraction of sp³-hybridized carbons (Fsp3) is 0.333. The van der Waals surface area contributed by atoms with E-state index >= 15 is 0 Å². The molecule has 0 radical (unpaired) electrons. The first-order chi connectivity index (χ1) is 12.7. The molecule has 5 heteroatoms. The molecule has 0 spiro atoms. The summed E-state index contributed by atoms with van der Waals surface area (Å²) in [5.41, 5.74) is 6.40. The lowest BCUT2D eigenvalue weighted by Crippen LogP contribution is -2.31. The van der Waals surface area contributed by atoms with Gasteiger partial charge in [-0.2, -0.15) is 0 Å². The van der Waals surface area contributed by atoms with Crippen LogP contribution in [0.1, 0.15) is 17.5 Å². The van der Waals surface area contributed by atoms with Gasteiger partial charge in [0, 0.05) is 30.8 Å². The number of hydrogen-bond donors (Lipinski definition) is 0. The van der Waals surface area contributed by atoms with Gasteiger partial charge in [0.05, 0.1) is 14.2 Å². The highest BCUT2D eigenvalue weighted by atomic mass is 16.7. The Bertz CT molecular complexity index is 922. The van der Waals surface area contributed by atoms with Gasteiger partial charge in [0.2, 0.25) is 6.79 Å². The van der Waals surface area contributed by atoms with Crippen molar-refractivity contribution in [3.05, 3.63) is 64.3 Å². The van der Waals surface area contributed by atoms with Gasteiger partial charge in [-0.1, -0.05) is 12.1 Å². The van der Waals surface area contributed by atoms with Crippen molar-refractivity contribution < 1.29 is 18.9 Å². The molecule has 1 fully saturated rings. The molecule has 1 unspecified atom stereocenters. The highest BCUT2D eigenvalue weighted by molar-refractivity contribution is 5.79. The Balaban J connectivity index is 1.66. The van der Waals surface area contributed by atoms with Crippen LogP contribution in [0.4, 0.5) is 0 Å². The first-order valence-corrected chi connectivity index (χ1v) is 8.79. The van der Waals surface area contributed by atoms with Crippen LogP contribution in [-0.2, 0) is 16.0 Å². The lowest BCUT2D eigenvalue weighted by molar-refractivity contribution is 0.0977. The molecule has 1 saturated heterocycles. The smallest absolute Gasteiger partial charge is 0.231 e. The molecule has 2 heterocycles. The molecule has 26 heavy (non-hydrogen) atoms. The Labute approximate surface area is 152 Å². The van der Waals surface area contributed by atoms with Crippen molar-refractivity contribution in [1.29, 1.82) is 0 Å². The number of methoxy groups -OCH3 is 2. The molecule has 1 atom stereocenters. The van der Waals surface area contributed by atoms with Crippen molar-refractivity contribution in [3.8, 4) is 11.5 Å². The number of benzene rings is 1. The molecule has 0 saturated carbocycles. The van der Waals surface area contributed by atoms with Gasteiger partial charge in [-0.05, 0) is 41.3 Å². The monoisotopic (exact) mass is 351 g/mol. The Morgan fingerprint density at radius 3 is 2.77 bits per heavy atom. The van der Waals surface area contributed by atoms with Crippen molar-refractivity contribution in [2.75, 3.05) is 28.1 Å². The predicted octanol–water partition coefficient (Wildman–Crippen LogP) is 3.59. The summed E-state index contributed by atoms with van der Waals surface area (Å²) >= 11 is 0.